The van der Waals surface area contributed by atoms with E-state index in [4.69, 9.17) is 21.7 Å². The highest BCUT2D eigenvalue weighted by molar-refractivity contribution is 9.10. The zero-order chi connectivity index (χ0) is 18.3. The first-order chi connectivity index (χ1) is 12.6. The van der Waals surface area contributed by atoms with Gasteiger partial charge < -0.3 is 4.74 Å². The molecule has 0 bridgehead atoms. The third-order valence-electron chi connectivity index (χ3n) is 4.41. The number of aromatic nitrogens is 2. The zero-order valence-corrected chi connectivity index (χ0v) is 15.7. The van der Waals surface area contributed by atoms with Gasteiger partial charge in [0.05, 0.1) is 17.3 Å². The minimum absolute atomic E-state index is 0.106. The van der Waals surface area contributed by atoms with Gasteiger partial charge >= 0.3 is 0 Å². The van der Waals surface area contributed by atoms with Crippen molar-refractivity contribution in [3.8, 4) is 23.2 Å². The SMILES string of the molecule is N#CC1C(=N)Oc2n[nH]c(-c3ccccc3Cl)c2C1c1ccc(Br)cc1. The van der Waals surface area contributed by atoms with Gasteiger partial charge in [-0.05, 0) is 23.8 Å². The summed E-state index contributed by atoms with van der Waals surface area (Å²) in [7, 11) is 0. The predicted molar refractivity (Wildman–Crippen MR) is 102 cm³/mol. The Morgan fingerprint density at radius 2 is 1.92 bits per heavy atom. The average molecular weight is 428 g/mol. The Labute approximate surface area is 163 Å². The lowest BCUT2D eigenvalue weighted by molar-refractivity contribution is 0.437. The lowest BCUT2D eigenvalue weighted by atomic mass is 9.79. The number of hydrogen-bond donors (Lipinski definition) is 2. The minimum Gasteiger partial charge on any atom is -0.422 e. The fourth-order valence-electron chi connectivity index (χ4n) is 3.22. The third kappa shape index (κ3) is 2.70. The number of nitriles is 1. The first-order valence-corrected chi connectivity index (χ1v) is 9.01. The molecule has 1 aliphatic heterocycles. The van der Waals surface area contributed by atoms with Crippen molar-refractivity contribution in [2.24, 2.45) is 5.92 Å². The zero-order valence-electron chi connectivity index (χ0n) is 13.3. The van der Waals surface area contributed by atoms with E-state index in [9.17, 15) is 5.26 Å². The van der Waals surface area contributed by atoms with Crippen LogP contribution in [0.2, 0.25) is 5.02 Å². The number of nitrogens with one attached hydrogen (secondary N) is 2. The number of benzene rings is 2. The van der Waals surface area contributed by atoms with Gasteiger partial charge in [0.15, 0.2) is 0 Å². The maximum absolute atomic E-state index is 9.69. The number of halogens is 2. The molecule has 0 aliphatic carbocycles. The normalized spacial score (nSPS) is 18.7. The summed E-state index contributed by atoms with van der Waals surface area (Å²) >= 11 is 9.80. The first-order valence-electron chi connectivity index (χ1n) is 7.84. The smallest absolute Gasteiger partial charge is 0.244 e. The lowest BCUT2D eigenvalue weighted by Crippen LogP contribution is -2.30. The van der Waals surface area contributed by atoms with E-state index < -0.39 is 5.92 Å². The number of fused-ring (bicyclic) bond motifs is 1. The second-order valence-corrected chi connectivity index (χ2v) is 7.22. The summed E-state index contributed by atoms with van der Waals surface area (Å²) in [6.45, 7) is 0. The summed E-state index contributed by atoms with van der Waals surface area (Å²) in [6, 6.07) is 17.3. The van der Waals surface area contributed by atoms with Crippen LogP contribution in [-0.2, 0) is 0 Å². The van der Waals surface area contributed by atoms with Gasteiger partial charge in [-0.3, -0.25) is 10.5 Å². The van der Waals surface area contributed by atoms with Crippen molar-refractivity contribution in [3.63, 3.8) is 0 Å². The standard InChI is InChI=1S/C19H12BrClN4O/c20-11-7-5-10(6-8-11)15-13(9-22)18(23)26-19-16(15)17(24-25-19)12-3-1-2-4-14(12)21/h1-8,13,15,23H,(H,24,25). The molecular formula is C19H12BrClN4O. The van der Waals surface area contributed by atoms with Gasteiger partial charge in [-0.25, -0.2) is 0 Å². The molecule has 0 spiro atoms. The van der Waals surface area contributed by atoms with E-state index in [1.807, 2.05) is 42.5 Å². The quantitative estimate of drug-likeness (QED) is 0.594. The Morgan fingerprint density at radius 3 is 2.62 bits per heavy atom. The van der Waals surface area contributed by atoms with E-state index >= 15 is 0 Å². The summed E-state index contributed by atoms with van der Waals surface area (Å²) in [6.07, 6.45) is 0. The van der Waals surface area contributed by atoms with Crippen molar-refractivity contribution in [1.82, 2.24) is 10.2 Å². The molecule has 0 fully saturated rings. The number of nitrogens with zero attached hydrogens (tertiary/aromatic N) is 2. The molecule has 1 aromatic heterocycles. The van der Waals surface area contributed by atoms with E-state index in [0.717, 1.165) is 21.2 Å². The van der Waals surface area contributed by atoms with Crippen molar-refractivity contribution in [3.05, 3.63) is 69.2 Å². The molecule has 2 atom stereocenters. The Balaban J connectivity index is 1.96. The van der Waals surface area contributed by atoms with E-state index in [1.165, 1.54) is 0 Å². The molecule has 2 aromatic carbocycles. The highest BCUT2D eigenvalue weighted by Crippen LogP contribution is 2.46. The Hall–Kier alpha value is -2.62. The van der Waals surface area contributed by atoms with Gasteiger partial charge in [-0.2, -0.15) is 5.26 Å². The van der Waals surface area contributed by atoms with Crippen LogP contribution in [0.3, 0.4) is 0 Å². The largest absolute Gasteiger partial charge is 0.422 e. The molecule has 3 aromatic rings. The first kappa shape index (κ1) is 16.8. The van der Waals surface area contributed by atoms with Crippen LogP contribution in [-0.4, -0.2) is 16.1 Å². The third-order valence-corrected chi connectivity index (χ3v) is 5.27. The van der Waals surface area contributed by atoms with Crippen molar-refractivity contribution < 1.29 is 4.74 Å². The molecule has 0 amide bonds. The van der Waals surface area contributed by atoms with Gasteiger partial charge in [0, 0.05) is 21.0 Å². The minimum atomic E-state index is -0.748. The molecule has 0 saturated heterocycles. The van der Waals surface area contributed by atoms with Crippen LogP contribution in [0, 0.1) is 22.7 Å². The summed E-state index contributed by atoms with van der Waals surface area (Å²) in [5.41, 5.74) is 3.12. The van der Waals surface area contributed by atoms with E-state index in [2.05, 4.69) is 32.2 Å². The highest BCUT2D eigenvalue weighted by atomic mass is 79.9. The second-order valence-electron chi connectivity index (χ2n) is 5.90. The van der Waals surface area contributed by atoms with Crippen LogP contribution in [0.5, 0.6) is 5.88 Å². The summed E-state index contributed by atoms with van der Waals surface area (Å²) in [5, 5.41) is 25.6. The fraction of sp³-hybridized carbons (Fsp3) is 0.105. The van der Waals surface area contributed by atoms with Crippen LogP contribution in [0.4, 0.5) is 0 Å². The maximum Gasteiger partial charge on any atom is 0.244 e. The van der Waals surface area contributed by atoms with Gasteiger partial charge in [0.2, 0.25) is 11.8 Å². The fourth-order valence-corrected chi connectivity index (χ4v) is 3.71. The molecule has 128 valence electrons. The van der Waals surface area contributed by atoms with E-state index in [1.54, 1.807) is 6.07 Å². The molecule has 2 N–H and O–H groups in total. The number of H-pyrrole nitrogens is 1. The highest BCUT2D eigenvalue weighted by Gasteiger charge is 2.40. The Kier molecular flexibility index (Phi) is 4.27. The van der Waals surface area contributed by atoms with Gasteiger partial charge in [-0.15, -0.1) is 5.10 Å². The number of hydrogen-bond acceptors (Lipinski definition) is 4. The van der Waals surface area contributed by atoms with Gasteiger partial charge in [0.1, 0.15) is 5.92 Å². The molecule has 5 nitrogen and oxygen atoms in total. The average Bonchev–Trinajstić information content (AvgIpc) is 3.05. The van der Waals surface area contributed by atoms with Crippen LogP contribution in [0.25, 0.3) is 11.3 Å². The molecule has 0 saturated carbocycles. The number of rotatable bonds is 2. The molecule has 4 rings (SSSR count). The Bertz CT molecular complexity index is 1040. The van der Waals surface area contributed by atoms with Crippen molar-refractivity contribution in [2.75, 3.05) is 0 Å². The molecule has 7 heteroatoms. The molecule has 0 radical (unpaired) electrons. The Morgan fingerprint density at radius 1 is 1.19 bits per heavy atom. The molecule has 1 aliphatic rings. The van der Waals surface area contributed by atoms with Gasteiger partial charge in [0.25, 0.3) is 0 Å². The van der Waals surface area contributed by atoms with Crippen molar-refractivity contribution in [2.45, 2.75) is 5.92 Å². The van der Waals surface area contributed by atoms with Crippen molar-refractivity contribution in [1.29, 1.82) is 10.7 Å². The summed E-state index contributed by atoms with van der Waals surface area (Å²) < 4.78 is 6.46. The van der Waals surface area contributed by atoms with Crippen LogP contribution >= 0.6 is 27.5 Å². The lowest BCUT2D eigenvalue weighted by Gasteiger charge is -2.28. The van der Waals surface area contributed by atoms with Crippen LogP contribution in [0.1, 0.15) is 17.0 Å². The molecule has 2 unspecified atom stereocenters. The summed E-state index contributed by atoms with van der Waals surface area (Å²) in [4.78, 5) is 0. The number of ether oxygens (including phenoxy) is 1. The topological polar surface area (TPSA) is 85.6 Å². The monoisotopic (exact) mass is 426 g/mol. The van der Waals surface area contributed by atoms with E-state index in [-0.39, 0.29) is 11.8 Å². The van der Waals surface area contributed by atoms with Gasteiger partial charge in [-0.1, -0.05) is 57.9 Å². The molecular weight excluding hydrogens is 416 g/mol. The van der Waals surface area contributed by atoms with E-state index in [0.29, 0.717) is 16.6 Å². The van der Waals surface area contributed by atoms with Crippen LogP contribution in [0.15, 0.2) is 53.0 Å². The predicted octanol–water partition coefficient (Wildman–Crippen LogP) is 5.13. The van der Waals surface area contributed by atoms with Crippen molar-refractivity contribution >= 4 is 33.4 Å². The summed E-state index contributed by atoms with van der Waals surface area (Å²) in [5.74, 6) is -0.925. The maximum atomic E-state index is 9.69. The molecule has 2 heterocycles. The molecule has 26 heavy (non-hydrogen) atoms. The number of aromatic amines is 1. The van der Waals surface area contributed by atoms with Crippen LogP contribution < -0.4 is 4.74 Å². The second kappa shape index (κ2) is 6.60.